The molecule has 2 atom stereocenters. The summed E-state index contributed by atoms with van der Waals surface area (Å²) in [5, 5.41) is 13.4. The van der Waals surface area contributed by atoms with Crippen LogP contribution in [0.5, 0.6) is 0 Å². The molecule has 0 radical (unpaired) electrons. The number of fused-ring (bicyclic) bond motifs is 1. The van der Waals surface area contributed by atoms with Crippen molar-refractivity contribution in [1.82, 2.24) is 15.0 Å². The van der Waals surface area contributed by atoms with E-state index >= 15 is 0 Å². The van der Waals surface area contributed by atoms with E-state index in [1.165, 1.54) is 11.1 Å². The van der Waals surface area contributed by atoms with Crippen LogP contribution < -0.4 is 0 Å². The number of β-amino-alcohol motifs (C(OH)–C–C–N with tert-alkyl or cyclic N) is 1. The van der Waals surface area contributed by atoms with Gasteiger partial charge in [0, 0.05) is 6.20 Å². The second-order valence-corrected chi connectivity index (χ2v) is 4.18. The van der Waals surface area contributed by atoms with Crippen molar-refractivity contribution in [1.29, 1.82) is 0 Å². The van der Waals surface area contributed by atoms with Gasteiger partial charge in [-0.1, -0.05) is 5.16 Å². The number of hydrogen-bond acceptors (Lipinski definition) is 5. The molecule has 2 aromatic heterocycles. The number of amides is 1. The normalized spacial score (nSPS) is 23.8. The molecule has 6 nitrogen and oxygen atoms in total. The Hall–Kier alpha value is -2.02. The van der Waals surface area contributed by atoms with E-state index in [1.807, 2.05) is 0 Å². The zero-order valence-electron chi connectivity index (χ0n) is 9.28. The number of aromatic nitrogens is 2. The van der Waals surface area contributed by atoms with Crippen molar-refractivity contribution in [3.63, 3.8) is 0 Å². The van der Waals surface area contributed by atoms with Crippen molar-refractivity contribution in [2.24, 2.45) is 0 Å². The van der Waals surface area contributed by atoms with Gasteiger partial charge < -0.3 is 14.5 Å². The summed E-state index contributed by atoms with van der Waals surface area (Å²) in [5.41, 5.74) is 0.331. The third-order valence-electron chi connectivity index (χ3n) is 2.96. The van der Waals surface area contributed by atoms with Crippen molar-refractivity contribution >= 4 is 16.9 Å². The number of carbonyl (C=O) groups is 1. The minimum Gasteiger partial charge on any atom is -0.388 e. The summed E-state index contributed by atoms with van der Waals surface area (Å²) in [7, 11) is 0. The predicted octanol–water partition coefficient (Wildman–Crippen LogP) is 0.378. The van der Waals surface area contributed by atoms with E-state index in [1.54, 1.807) is 12.1 Å². The molecule has 0 spiro atoms. The average Bonchev–Trinajstić information content (AvgIpc) is 2.93. The van der Waals surface area contributed by atoms with E-state index < -0.39 is 18.2 Å². The summed E-state index contributed by atoms with van der Waals surface area (Å²) in [4.78, 5) is 17.3. The van der Waals surface area contributed by atoms with Crippen LogP contribution in [0.2, 0.25) is 0 Å². The molecule has 1 aliphatic rings. The lowest BCUT2D eigenvalue weighted by Crippen LogP contribution is -2.29. The monoisotopic (exact) mass is 251 g/mol. The molecule has 0 aromatic carbocycles. The second-order valence-electron chi connectivity index (χ2n) is 4.18. The Bertz CT molecular complexity index is 590. The van der Waals surface area contributed by atoms with Crippen LogP contribution in [0.25, 0.3) is 11.0 Å². The fraction of sp³-hybridized carbons (Fsp3) is 0.364. The van der Waals surface area contributed by atoms with E-state index in [-0.39, 0.29) is 18.8 Å². The van der Waals surface area contributed by atoms with Gasteiger partial charge in [-0.15, -0.1) is 0 Å². The number of halogens is 1. The highest BCUT2D eigenvalue weighted by Gasteiger charge is 2.36. The largest absolute Gasteiger partial charge is 0.388 e. The lowest BCUT2D eigenvalue weighted by molar-refractivity contribution is 0.0726. The Morgan fingerprint density at radius 3 is 3.11 bits per heavy atom. The van der Waals surface area contributed by atoms with E-state index in [2.05, 4.69) is 10.1 Å². The first kappa shape index (κ1) is 11.1. The van der Waals surface area contributed by atoms with Crippen LogP contribution in [-0.4, -0.2) is 51.4 Å². The van der Waals surface area contributed by atoms with Crippen LogP contribution in [0.15, 0.2) is 22.9 Å². The molecule has 1 fully saturated rings. The Morgan fingerprint density at radius 1 is 1.56 bits per heavy atom. The molecular formula is C11H10FN3O3. The van der Waals surface area contributed by atoms with Gasteiger partial charge in [-0.25, -0.2) is 9.37 Å². The molecule has 18 heavy (non-hydrogen) atoms. The molecule has 1 aliphatic heterocycles. The number of hydrogen-bond donors (Lipinski definition) is 1. The third kappa shape index (κ3) is 1.63. The van der Waals surface area contributed by atoms with E-state index in [0.29, 0.717) is 11.0 Å². The highest BCUT2D eigenvalue weighted by molar-refractivity contribution is 6.02. The maximum absolute atomic E-state index is 13.2. The summed E-state index contributed by atoms with van der Waals surface area (Å²) in [6, 6.07) is 3.32. The molecule has 0 bridgehead atoms. The molecule has 0 unspecified atom stereocenters. The molecule has 1 saturated heterocycles. The minimum absolute atomic E-state index is 0.0272. The zero-order chi connectivity index (χ0) is 12.7. The van der Waals surface area contributed by atoms with Crippen molar-refractivity contribution in [3.8, 4) is 0 Å². The van der Waals surface area contributed by atoms with Crippen LogP contribution in [0.4, 0.5) is 4.39 Å². The number of aliphatic hydroxyl groups is 1. The number of rotatable bonds is 1. The highest BCUT2D eigenvalue weighted by atomic mass is 19.1. The Labute approximate surface area is 101 Å². The van der Waals surface area contributed by atoms with Gasteiger partial charge in [0.2, 0.25) is 11.4 Å². The van der Waals surface area contributed by atoms with E-state index in [0.717, 1.165) is 0 Å². The molecule has 2 aromatic rings. The van der Waals surface area contributed by atoms with Crippen molar-refractivity contribution in [2.75, 3.05) is 13.1 Å². The fourth-order valence-electron chi connectivity index (χ4n) is 2.00. The molecule has 1 N–H and O–H groups in total. The summed E-state index contributed by atoms with van der Waals surface area (Å²) in [5.74, 6) is -0.455. The maximum atomic E-state index is 13.2. The molecule has 0 aliphatic carbocycles. The number of likely N-dealkylation sites (tertiary alicyclic amines) is 1. The second kappa shape index (κ2) is 4.02. The molecule has 0 saturated carbocycles. The van der Waals surface area contributed by atoms with Gasteiger partial charge in [0.1, 0.15) is 12.3 Å². The standard InChI is InChI=1S/C11H10FN3O3/c12-7-4-15(5-8(7)16)11(17)9-6-2-1-3-13-10(6)14-18-9/h1-3,7-8,16H,4-5H2/t7-,8-/m1/s1. The van der Waals surface area contributed by atoms with Gasteiger partial charge in [0.05, 0.1) is 18.5 Å². The van der Waals surface area contributed by atoms with Gasteiger partial charge in [0.25, 0.3) is 5.91 Å². The molecule has 7 heteroatoms. The highest BCUT2D eigenvalue weighted by Crippen LogP contribution is 2.21. The lowest BCUT2D eigenvalue weighted by Gasteiger charge is -2.12. The van der Waals surface area contributed by atoms with Crippen LogP contribution in [0.1, 0.15) is 10.6 Å². The van der Waals surface area contributed by atoms with Gasteiger partial charge in [-0.05, 0) is 12.1 Å². The van der Waals surface area contributed by atoms with Crippen LogP contribution in [0.3, 0.4) is 0 Å². The van der Waals surface area contributed by atoms with Crippen LogP contribution >= 0.6 is 0 Å². The van der Waals surface area contributed by atoms with Gasteiger partial charge in [-0.2, -0.15) is 0 Å². The predicted molar refractivity (Wildman–Crippen MR) is 58.6 cm³/mol. The lowest BCUT2D eigenvalue weighted by atomic mass is 10.2. The van der Waals surface area contributed by atoms with Crippen molar-refractivity contribution in [3.05, 3.63) is 24.1 Å². The first-order valence-electron chi connectivity index (χ1n) is 5.48. The van der Waals surface area contributed by atoms with Gasteiger partial charge in [-0.3, -0.25) is 4.79 Å². The van der Waals surface area contributed by atoms with Crippen LogP contribution in [0, 0.1) is 0 Å². The first-order chi connectivity index (χ1) is 8.66. The fourth-order valence-corrected chi connectivity index (χ4v) is 2.00. The minimum atomic E-state index is -1.42. The molecule has 3 rings (SSSR count). The molecular weight excluding hydrogens is 241 g/mol. The van der Waals surface area contributed by atoms with Gasteiger partial charge >= 0.3 is 0 Å². The molecule has 94 valence electrons. The topological polar surface area (TPSA) is 79.5 Å². The SMILES string of the molecule is O=C(c1onc2ncccc12)N1C[C@@H](O)[C@H](F)C1. The summed E-state index contributed by atoms with van der Waals surface area (Å²) in [6.45, 7) is -0.176. The summed E-state index contributed by atoms with van der Waals surface area (Å²) >= 11 is 0. The number of aliphatic hydroxyl groups excluding tert-OH is 1. The third-order valence-corrected chi connectivity index (χ3v) is 2.96. The number of nitrogens with zero attached hydrogens (tertiary/aromatic N) is 3. The summed E-state index contributed by atoms with van der Waals surface area (Å²) in [6.07, 6.45) is -1.02. The quantitative estimate of drug-likeness (QED) is 0.792. The summed E-state index contributed by atoms with van der Waals surface area (Å²) < 4.78 is 18.1. The number of carbonyl (C=O) groups excluding carboxylic acids is 1. The Morgan fingerprint density at radius 2 is 2.39 bits per heavy atom. The number of alkyl halides is 1. The van der Waals surface area contributed by atoms with Crippen molar-refractivity contribution < 1.29 is 18.8 Å². The maximum Gasteiger partial charge on any atom is 0.293 e. The zero-order valence-corrected chi connectivity index (χ0v) is 9.28. The average molecular weight is 251 g/mol. The Kier molecular flexibility index (Phi) is 2.48. The van der Waals surface area contributed by atoms with E-state index in [4.69, 9.17) is 4.52 Å². The Balaban J connectivity index is 1.93. The van der Waals surface area contributed by atoms with Gasteiger partial charge in [0.15, 0.2) is 0 Å². The van der Waals surface area contributed by atoms with Crippen molar-refractivity contribution in [2.45, 2.75) is 12.3 Å². The molecule has 3 heterocycles. The van der Waals surface area contributed by atoms with Crippen LogP contribution in [-0.2, 0) is 0 Å². The smallest absolute Gasteiger partial charge is 0.293 e. The van der Waals surface area contributed by atoms with E-state index in [9.17, 15) is 14.3 Å². The number of pyridine rings is 1. The first-order valence-corrected chi connectivity index (χ1v) is 5.48. The molecule has 1 amide bonds.